The van der Waals surface area contributed by atoms with Gasteiger partial charge in [-0.1, -0.05) is 54.1 Å². The number of aliphatic hydroxyl groups is 1. The molecule has 1 N–H and O–H groups in total. The van der Waals surface area contributed by atoms with E-state index in [1.807, 2.05) is 18.4 Å². The number of ether oxygens (including phenoxy) is 1. The number of aliphatic hydroxyl groups excluding tert-OH is 1. The molecule has 49 heavy (non-hydrogen) atoms. The summed E-state index contributed by atoms with van der Waals surface area (Å²) in [6.07, 6.45) is 1.20. The van der Waals surface area contributed by atoms with Gasteiger partial charge in [0.2, 0.25) is 11.8 Å². The van der Waals surface area contributed by atoms with Crippen molar-refractivity contribution in [2.75, 3.05) is 31.0 Å². The number of methoxy groups -OCH3 is 1. The highest BCUT2D eigenvalue weighted by Crippen LogP contribution is 2.45. The van der Waals surface area contributed by atoms with Crippen LogP contribution in [0.25, 0.3) is 11.4 Å². The normalized spacial score (nSPS) is 14.7. The lowest BCUT2D eigenvalue weighted by Crippen LogP contribution is -2.36. The average Bonchev–Trinajstić information content (AvgIpc) is 3.60. The second-order valence-corrected chi connectivity index (χ2v) is 12.5. The Labute approximate surface area is 286 Å². The molecule has 4 heterocycles. The Morgan fingerprint density at radius 3 is 2.43 bits per heavy atom. The number of aromatic nitrogens is 5. The molecular weight excluding hydrogens is 653 g/mol. The van der Waals surface area contributed by atoms with Gasteiger partial charge in [0.25, 0.3) is 11.5 Å². The molecule has 0 saturated heterocycles. The van der Waals surface area contributed by atoms with Gasteiger partial charge < -0.3 is 23.9 Å². The van der Waals surface area contributed by atoms with Crippen LogP contribution >= 0.6 is 11.6 Å². The SMILES string of the molecule is COc1nc(N(C)C)ncc1-c1nc2c(n1C(C)C)[C@@H](c1ccc(C(O)C(=O)c3ccccc3)c(F)c1)N(c1cc(Cl)cn(C)c1=O)C2=O. The monoisotopic (exact) mass is 685 g/mol. The number of rotatable bonds is 9. The van der Waals surface area contributed by atoms with Gasteiger partial charge in [-0.3, -0.25) is 19.3 Å². The minimum absolute atomic E-state index is 0.0262. The van der Waals surface area contributed by atoms with E-state index < -0.39 is 35.2 Å². The Kier molecular flexibility index (Phi) is 8.82. The number of imidazole rings is 1. The molecule has 252 valence electrons. The lowest BCUT2D eigenvalue weighted by molar-refractivity contribution is 0.0740. The van der Waals surface area contributed by atoms with Crippen LogP contribution in [0.15, 0.2) is 71.8 Å². The van der Waals surface area contributed by atoms with Crippen LogP contribution in [0, 0.1) is 5.82 Å². The molecule has 6 rings (SSSR count). The maximum Gasteiger partial charge on any atom is 0.279 e. The molecule has 5 aromatic rings. The highest BCUT2D eigenvalue weighted by atomic mass is 35.5. The predicted molar refractivity (Wildman–Crippen MR) is 182 cm³/mol. The van der Waals surface area contributed by atoms with Gasteiger partial charge >= 0.3 is 0 Å². The van der Waals surface area contributed by atoms with E-state index in [1.165, 1.54) is 60.2 Å². The molecule has 12 nitrogen and oxygen atoms in total. The summed E-state index contributed by atoms with van der Waals surface area (Å²) >= 11 is 6.37. The predicted octanol–water partition coefficient (Wildman–Crippen LogP) is 5.15. The van der Waals surface area contributed by atoms with Crippen molar-refractivity contribution in [3.63, 3.8) is 0 Å². The number of halogens is 2. The third kappa shape index (κ3) is 5.74. The summed E-state index contributed by atoms with van der Waals surface area (Å²) in [6, 6.07) is 12.1. The molecule has 2 aromatic carbocycles. The van der Waals surface area contributed by atoms with Crippen molar-refractivity contribution >= 4 is 34.9 Å². The van der Waals surface area contributed by atoms with E-state index in [9.17, 15) is 19.5 Å². The number of ketones is 1. The maximum atomic E-state index is 16.0. The van der Waals surface area contributed by atoms with Crippen molar-refractivity contribution in [1.82, 2.24) is 24.1 Å². The molecule has 0 radical (unpaired) electrons. The van der Waals surface area contributed by atoms with Crippen LogP contribution in [0.1, 0.15) is 69.7 Å². The number of Topliss-reactive ketones (excluding diaryl/α,β-unsaturated/α-hetero) is 1. The van der Waals surface area contributed by atoms with Crippen LogP contribution in [0.5, 0.6) is 5.88 Å². The van der Waals surface area contributed by atoms with Gasteiger partial charge in [0.05, 0.1) is 23.4 Å². The van der Waals surface area contributed by atoms with E-state index in [0.717, 1.165) is 6.07 Å². The molecule has 1 aliphatic heterocycles. The molecule has 0 fully saturated rings. The van der Waals surface area contributed by atoms with Crippen LogP contribution in [0.2, 0.25) is 5.02 Å². The number of carbonyl (C=O) groups is 2. The number of carbonyl (C=O) groups excluding carboxylic acids is 2. The van der Waals surface area contributed by atoms with Crippen molar-refractivity contribution in [1.29, 1.82) is 0 Å². The fourth-order valence-electron chi connectivity index (χ4n) is 6.03. The van der Waals surface area contributed by atoms with Gasteiger partial charge in [-0.05, 0) is 31.5 Å². The smallest absolute Gasteiger partial charge is 0.279 e. The van der Waals surface area contributed by atoms with Crippen molar-refractivity contribution in [3.8, 4) is 17.3 Å². The molecule has 1 aliphatic rings. The fraction of sp³-hybridized carbons (Fsp3) is 0.257. The van der Waals surface area contributed by atoms with Gasteiger partial charge in [-0.25, -0.2) is 14.4 Å². The zero-order valence-electron chi connectivity index (χ0n) is 27.5. The molecule has 1 unspecified atom stereocenters. The molecule has 14 heteroatoms. The lowest BCUT2D eigenvalue weighted by atomic mass is 9.95. The summed E-state index contributed by atoms with van der Waals surface area (Å²) in [7, 11) is 6.55. The van der Waals surface area contributed by atoms with E-state index >= 15 is 4.39 Å². The number of aryl methyl sites for hydroxylation is 1. The Balaban J connectivity index is 1.56. The number of fused-ring (bicyclic) bond motifs is 1. The quantitative estimate of drug-likeness (QED) is 0.209. The Hall–Kier alpha value is -5.40. The second kappa shape index (κ2) is 12.9. The standard InChI is InChI=1S/C35H33ClFN7O5/c1-18(2)43-28-26(39-31(43)23-16-38-35(41(3)4)40-32(23)49-6)34(48)44(25-15-21(36)17-42(5)33(25)47)27(28)20-12-13-22(24(37)14-20)30(46)29(45)19-10-8-7-9-11-19/h7-18,27,30,46H,1-6H3/t27-,30?/m1/s1. The first-order valence-corrected chi connectivity index (χ1v) is 15.7. The summed E-state index contributed by atoms with van der Waals surface area (Å²) in [5.74, 6) is -1.21. The Bertz CT molecular complexity index is 2170. The van der Waals surface area contributed by atoms with Gasteiger partial charge in [0.15, 0.2) is 11.5 Å². The van der Waals surface area contributed by atoms with E-state index in [0.29, 0.717) is 23.0 Å². The third-order valence-electron chi connectivity index (χ3n) is 8.31. The van der Waals surface area contributed by atoms with Crippen LogP contribution in [-0.4, -0.2) is 62.1 Å². The van der Waals surface area contributed by atoms with Crippen LogP contribution in [-0.2, 0) is 7.05 Å². The van der Waals surface area contributed by atoms with E-state index in [1.54, 1.807) is 43.4 Å². The summed E-state index contributed by atoms with van der Waals surface area (Å²) in [5.41, 5.74) is 0.500. The van der Waals surface area contributed by atoms with Gasteiger partial charge in [-0.2, -0.15) is 4.98 Å². The molecule has 3 aromatic heterocycles. The minimum Gasteiger partial charge on any atom is -0.480 e. The first kappa shape index (κ1) is 33.5. The zero-order chi connectivity index (χ0) is 35.3. The number of amides is 1. The lowest BCUT2D eigenvalue weighted by Gasteiger charge is -2.28. The first-order chi connectivity index (χ1) is 23.3. The number of hydrogen-bond donors (Lipinski definition) is 1. The number of pyridine rings is 1. The molecular formula is C35H33ClFN7O5. The Morgan fingerprint density at radius 2 is 1.80 bits per heavy atom. The largest absolute Gasteiger partial charge is 0.480 e. The van der Waals surface area contributed by atoms with E-state index in [4.69, 9.17) is 21.3 Å². The number of anilines is 2. The average molecular weight is 686 g/mol. The summed E-state index contributed by atoms with van der Waals surface area (Å²) in [6.45, 7) is 3.79. The van der Waals surface area contributed by atoms with E-state index in [-0.39, 0.29) is 45.0 Å². The fourth-order valence-corrected chi connectivity index (χ4v) is 6.28. The minimum atomic E-state index is -1.78. The molecule has 2 atom stereocenters. The molecule has 0 spiro atoms. The molecule has 0 bridgehead atoms. The van der Waals surface area contributed by atoms with Crippen molar-refractivity contribution in [3.05, 3.63) is 116 Å². The highest BCUT2D eigenvalue weighted by Gasteiger charge is 2.46. The van der Waals surface area contributed by atoms with Crippen LogP contribution in [0.3, 0.4) is 0 Å². The van der Waals surface area contributed by atoms with Crippen molar-refractivity contribution in [2.24, 2.45) is 7.05 Å². The van der Waals surface area contributed by atoms with Gasteiger partial charge in [-0.15, -0.1) is 0 Å². The summed E-state index contributed by atoms with van der Waals surface area (Å²) in [5, 5.41) is 11.1. The first-order valence-electron chi connectivity index (χ1n) is 15.3. The van der Waals surface area contributed by atoms with Gasteiger partial charge in [0.1, 0.15) is 29.5 Å². The van der Waals surface area contributed by atoms with E-state index in [2.05, 4.69) is 9.97 Å². The topological polar surface area (TPSA) is 136 Å². The van der Waals surface area contributed by atoms with Gasteiger partial charge in [0, 0.05) is 50.7 Å². The summed E-state index contributed by atoms with van der Waals surface area (Å²) in [4.78, 5) is 57.6. The van der Waals surface area contributed by atoms with Crippen LogP contribution < -0.4 is 20.1 Å². The number of benzene rings is 2. The molecule has 1 amide bonds. The summed E-state index contributed by atoms with van der Waals surface area (Å²) < 4.78 is 24.7. The van der Waals surface area contributed by atoms with Crippen molar-refractivity contribution in [2.45, 2.75) is 32.0 Å². The third-order valence-corrected chi connectivity index (χ3v) is 8.52. The van der Waals surface area contributed by atoms with Crippen molar-refractivity contribution < 1.29 is 23.8 Å². The molecule has 0 aliphatic carbocycles. The highest BCUT2D eigenvalue weighted by molar-refractivity contribution is 6.30. The number of nitrogens with zero attached hydrogens (tertiary/aromatic N) is 7. The second-order valence-electron chi connectivity index (χ2n) is 12.1. The number of hydrogen-bond acceptors (Lipinski definition) is 9. The Morgan fingerprint density at radius 1 is 1.08 bits per heavy atom. The maximum absolute atomic E-state index is 16.0. The van der Waals surface area contributed by atoms with Crippen LogP contribution in [0.4, 0.5) is 16.0 Å². The molecule has 0 saturated carbocycles. The zero-order valence-corrected chi connectivity index (χ0v) is 28.3.